The largest absolute Gasteiger partial charge is 0.378 e. The summed E-state index contributed by atoms with van der Waals surface area (Å²) >= 11 is 3.59. The predicted octanol–water partition coefficient (Wildman–Crippen LogP) is 2.98. The molecule has 0 saturated carbocycles. The summed E-state index contributed by atoms with van der Waals surface area (Å²) in [5, 5.41) is 1.09. The van der Waals surface area contributed by atoms with Gasteiger partial charge in [0, 0.05) is 17.4 Å². The molecule has 0 radical (unpaired) electrons. The minimum atomic E-state index is 0.439. The lowest BCUT2D eigenvalue weighted by molar-refractivity contribution is 0.0703. The van der Waals surface area contributed by atoms with Crippen LogP contribution in [-0.4, -0.2) is 18.0 Å². The van der Waals surface area contributed by atoms with Gasteiger partial charge in [-0.05, 0) is 19.8 Å². The Morgan fingerprint density at radius 1 is 1.64 bits per heavy atom. The number of rotatable bonds is 3. The van der Waals surface area contributed by atoms with Crippen molar-refractivity contribution in [3.05, 3.63) is 0 Å². The third kappa shape index (κ3) is 1.78. The molecular formula is C9H17BrO. The minimum absolute atomic E-state index is 0.439. The first-order valence-corrected chi connectivity index (χ1v) is 5.55. The Bertz CT molecular complexity index is 127. The van der Waals surface area contributed by atoms with Crippen LogP contribution in [0.4, 0.5) is 0 Å². The van der Waals surface area contributed by atoms with Crippen molar-refractivity contribution in [2.45, 2.75) is 39.2 Å². The topological polar surface area (TPSA) is 9.23 Å². The number of ether oxygens (including phenoxy) is 1. The standard InChI is InChI=1S/C9H17BrO/c1-3-4-9(7-10)5-6-11-8(9)2/h8H,3-7H2,1-2H3. The van der Waals surface area contributed by atoms with Crippen molar-refractivity contribution >= 4 is 15.9 Å². The van der Waals surface area contributed by atoms with Crippen molar-refractivity contribution < 1.29 is 4.74 Å². The molecule has 2 heteroatoms. The number of hydrogen-bond acceptors (Lipinski definition) is 1. The fraction of sp³-hybridized carbons (Fsp3) is 1.00. The van der Waals surface area contributed by atoms with Gasteiger partial charge in [-0.1, -0.05) is 29.3 Å². The van der Waals surface area contributed by atoms with E-state index in [2.05, 4.69) is 29.8 Å². The van der Waals surface area contributed by atoms with E-state index in [1.165, 1.54) is 19.3 Å². The SMILES string of the molecule is CCCC1(CBr)CCOC1C. The first-order chi connectivity index (χ1) is 5.25. The van der Waals surface area contributed by atoms with E-state index in [1.807, 2.05) is 0 Å². The molecule has 11 heavy (non-hydrogen) atoms. The van der Waals surface area contributed by atoms with Gasteiger partial charge in [-0.25, -0.2) is 0 Å². The van der Waals surface area contributed by atoms with Gasteiger partial charge < -0.3 is 4.74 Å². The zero-order valence-corrected chi connectivity index (χ0v) is 8.99. The van der Waals surface area contributed by atoms with Crippen molar-refractivity contribution in [3.8, 4) is 0 Å². The number of hydrogen-bond donors (Lipinski definition) is 0. The number of alkyl halides is 1. The third-order valence-corrected chi connectivity index (χ3v) is 3.96. The molecule has 0 aliphatic carbocycles. The van der Waals surface area contributed by atoms with Crippen LogP contribution >= 0.6 is 15.9 Å². The summed E-state index contributed by atoms with van der Waals surface area (Å²) in [5.74, 6) is 0. The summed E-state index contributed by atoms with van der Waals surface area (Å²) in [5.41, 5.74) is 0.439. The van der Waals surface area contributed by atoms with E-state index in [4.69, 9.17) is 4.74 Å². The van der Waals surface area contributed by atoms with Crippen LogP contribution in [0.3, 0.4) is 0 Å². The smallest absolute Gasteiger partial charge is 0.0612 e. The molecule has 0 aromatic carbocycles. The predicted molar refractivity (Wildman–Crippen MR) is 51.2 cm³/mol. The summed E-state index contributed by atoms with van der Waals surface area (Å²) in [4.78, 5) is 0. The Morgan fingerprint density at radius 2 is 2.36 bits per heavy atom. The van der Waals surface area contributed by atoms with Crippen LogP contribution in [-0.2, 0) is 4.74 Å². The van der Waals surface area contributed by atoms with Crippen LogP contribution in [0.25, 0.3) is 0 Å². The Morgan fingerprint density at radius 3 is 2.73 bits per heavy atom. The average Bonchev–Trinajstić information content (AvgIpc) is 2.35. The van der Waals surface area contributed by atoms with Crippen LogP contribution in [0, 0.1) is 5.41 Å². The maximum absolute atomic E-state index is 5.58. The molecule has 1 nitrogen and oxygen atoms in total. The summed E-state index contributed by atoms with van der Waals surface area (Å²) in [6, 6.07) is 0. The van der Waals surface area contributed by atoms with Crippen LogP contribution in [0.1, 0.15) is 33.1 Å². The van der Waals surface area contributed by atoms with Gasteiger partial charge >= 0.3 is 0 Å². The molecule has 0 aromatic rings. The molecule has 0 N–H and O–H groups in total. The molecule has 0 aromatic heterocycles. The third-order valence-electron chi connectivity index (χ3n) is 2.84. The molecule has 0 bridgehead atoms. The molecule has 1 fully saturated rings. The van der Waals surface area contributed by atoms with Crippen LogP contribution in [0.5, 0.6) is 0 Å². The zero-order chi connectivity index (χ0) is 8.32. The Hall–Kier alpha value is 0.440. The molecule has 1 aliphatic heterocycles. The van der Waals surface area contributed by atoms with E-state index in [0.29, 0.717) is 11.5 Å². The van der Waals surface area contributed by atoms with E-state index < -0.39 is 0 Å². The average molecular weight is 221 g/mol. The van der Waals surface area contributed by atoms with Gasteiger partial charge in [-0.15, -0.1) is 0 Å². The van der Waals surface area contributed by atoms with E-state index in [0.717, 1.165) is 11.9 Å². The molecule has 0 amide bonds. The zero-order valence-electron chi connectivity index (χ0n) is 7.40. The van der Waals surface area contributed by atoms with Crippen molar-refractivity contribution in [1.29, 1.82) is 0 Å². The first-order valence-electron chi connectivity index (χ1n) is 4.43. The quantitative estimate of drug-likeness (QED) is 0.665. The van der Waals surface area contributed by atoms with Gasteiger partial charge in [-0.2, -0.15) is 0 Å². The maximum Gasteiger partial charge on any atom is 0.0612 e. The van der Waals surface area contributed by atoms with Crippen molar-refractivity contribution in [2.75, 3.05) is 11.9 Å². The molecule has 1 rings (SSSR count). The van der Waals surface area contributed by atoms with Gasteiger partial charge in [0.1, 0.15) is 0 Å². The second kappa shape index (κ2) is 3.90. The highest BCUT2D eigenvalue weighted by Crippen LogP contribution is 2.40. The summed E-state index contributed by atoms with van der Waals surface area (Å²) in [7, 11) is 0. The van der Waals surface area contributed by atoms with E-state index >= 15 is 0 Å². The Balaban J connectivity index is 2.57. The second-order valence-electron chi connectivity index (χ2n) is 3.51. The molecule has 1 heterocycles. The fourth-order valence-electron chi connectivity index (χ4n) is 1.89. The number of halogens is 1. The van der Waals surface area contributed by atoms with Crippen LogP contribution in [0.2, 0.25) is 0 Å². The summed E-state index contributed by atoms with van der Waals surface area (Å²) in [6.45, 7) is 5.39. The minimum Gasteiger partial charge on any atom is -0.378 e. The summed E-state index contributed by atoms with van der Waals surface area (Å²) < 4.78 is 5.58. The molecule has 66 valence electrons. The monoisotopic (exact) mass is 220 g/mol. The van der Waals surface area contributed by atoms with Crippen molar-refractivity contribution in [3.63, 3.8) is 0 Å². The maximum atomic E-state index is 5.58. The molecule has 1 saturated heterocycles. The van der Waals surface area contributed by atoms with Crippen LogP contribution < -0.4 is 0 Å². The molecule has 2 atom stereocenters. The van der Waals surface area contributed by atoms with Crippen molar-refractivity contribution in [2.24, 2.45) is 5.41 Å². The van der Waals surface area contributed by atoms with E-state index in [1.54, 1.807) is 0 Å². The highest BCUT2D eigenvalue weighted by atomic mass is 79.9. The van der Waals surface area contributed by atoms with E-state index in [9.17, 15) is 0 Å². The van der Waals surface area contributed by atoms with E-state index in [-0.39, 0.29) is 0 Å². The first kappa shape index (κ1) is 9.53. The fourth-order valence-corrected chi connectivity index (χ4v) is 2.90. The molecule has 1 aliphatic rings. The normalized spacial score (nSPS) is 37.9. The highest BCUT2D eigenvalue weighted by molar-refractivity contribution is 9.09. The molecule has 0 spiro atoms. The lowest BCUT2D eigenvalue weighted by atomic mass is 9.80. The molecular weight excluding hydrogens is 204 g/mol. The van der Waals surface area contributed by atoms with Gasteiger partial charge in [-0.3, -0.25) is 0 Å². The Kier molecular flexibility index (Phi) is 3.38. The van der Waals surface area contributed by atoms with Crippen molar-refractivity contribution in [1.82, 2.24) is 0 Å². The second-order valence-corrected chi connectivity index (χ2v) is 4.07. The lowest BCUT2D eigenvalue weighted by Crippen LogP contribution is -2.30. The Labute approximate surface area is 77.6 Å². The highest BCUT2D eigenvalue weighted by Gasteiger charge is 2.39. The van der Waals surface area contributed by atoms with Gasteiger partial charge in [0.15, 0.2) is 0 Å². The van der Waals surface area contributed by atoms with Gasteiger partial charge in [0.05, 0.1) is 6.10 Å². The lowest BCUT2D eigenvalue weighted by Gasteiger charge is -2.29. The molecule has 2 unspecified atom stereocenters. The van der Waals surface area contributed by atoms with Crippen LogP contribution in [0.15, 0.2) is 0 Å². The van der Waals surface area contributed by atoms with Gasteiger partial charge in [0.25, 0.3) is 0 Å². The summed E-state index contributed by atoms with van der Waals surface area (Å²) in [6.07, 6.45) is 4.23. The van der Waals surface area contributed by atoms with Gasteiger partial charge in [0.2, 0.25) is 0 Å².